The van der Waals surface area contributed by atoms with E-state index in [0.717, 1.165) is 65.0 Å². The first-order valence-electron chi connectivity index (χ1n) is 9.98. The van der Waals surface area contributed by atoms with Crippen LogP contribution in [0.5, 0.6) is 0 Å². The SMILES string of the molecule is O=S(=O)(NCC1(CN2CCCC2)CCOCC1)c1ccc2c(c1)CCC2. The van der Waals surface area contributed by atoms with E-state index in [1.54, 1.807) is 6.07 Å². The van der Waals surface area contributed by atoms with Crippen LogP contribution in [-0.2, 0) is 27.6 Å². The molecule has 5 nitrogen and oxygen atoms in total. The summed E-state index contributed by atoms with van der Waals surface area (Å²) in [7, 11) is -3.46. The van der Waals surface area contributed by atoms with Crippen LogP contribution in [-0.4, -0.2) is 52.7 Å². The molecule has 0 amide bonds. The standard InChI is InChI=1S/C20H30N2O3S/c23-26(24,19-7-6-17-4-3-5-18(17)14-19)21-15-20(8-12-25-13-9-20)16-22-10-1-2-11-22/h6-7,14,21H,1-5,8-13,15-16H2. The average Bonchev–Trinajstić information content (AvgIpc) is 3.32. The lowest BCUT2D eigenvalue weighted by Crippen LogP contribution is -2.48. The molecule has 0 aromatic heterocycles. The van der Waals surface area contributed by atoms with E-state index >= 15 is 0 Å². The number of hydrogen-bond acceptors (Lipinski definition) is 4. The lowest BCUT2D eigenvalue weighted by molar-refractivity contribution is 0.00157. The van der Waals surface area contributed by atoms with Crippen molar-refractivity contribution < 1.29 is 13.2 Å². The van der Waals surface area contributed by atoms with Crippen LogP contribution < -0.4 is 4.72 Å². The zero-order valence-corrected chi connectivity index (χ0v) is 16.3. The summed E-state index contributed by atoms with van der Waals surface area (Å²) in [6.45, 7) is 5.22. The minimum atomic E-state index is -3.46. The summed E-state index contributed by atoms with van der Waals surface area (Å²) in [5, 5.41) is 0. The first-order chi connectivity index (χ1) is 12.6. The Morgan fingerprint density at radius 3 is 2.54 bits per heavy atom. The highest BCUT2D eigenvalue weighted by Crippen LogP contribution is 2.33. The second-order valence-corrected chi connectivity index (χ2v) is 9.97. The Morgan fingerprint density at radius 2 is 1.77 bits per heavy atom. The molecule has 1 N–H and O–H groups in total. The van der Waals surface area contributed by atoms with Crippen LogP contribution in [0.15, 0.2) is 23.1 Å². The zero-order chi connectivity index (χ0) is 18.0. The first-order valence-corrected chi connectivity index (χ1v) is 11.5. The number of benzene rings is 1. The van der Waals surface area contributed by atoms with Gasteiger partial charge in [-0.2, -0.15) is 0 Å². The van der Waals surface area contributed by atoms with E-state index in [9.17, 15) is 8.42 Å². The molecule has 1 aromatic rings. The molecule has 3 aliphatic rings. The van der Waals surface area contributed by atoms with Gasteiger partial charge in [0.15, 0.2) is 0 Å². The third-order valence-electron chi connectivity index (χ3n) is 6.33. The van der Waals surface area contributed by atoms with Crippen molar-refractivity contribution in [3.8, 4) is 0 Å². The van der Waals surface area contributed by atoms with Crippen molar-refractivity contribution in [1.29, 1.82) is 0 Å². The highest BCUT2D eigenvalue weighted by atomic mass is 32.2. The largest absolute Gasteiger partial charge is 0.381 e. The highest BCUT2D eigenvalue weighted by molar-refractivity contribution is 7.89. The van der Waals surface area contributed by atoms with Gasteiger partial charge in [0.25, 0.3) is 0 Å². The van der Waals surface area contributed by atoms with Crippen molar-refractivity contribution in [2.24, 2.45) is 5.41 Å². The van der Waals surface area contributed by atoms with Crippen LogP contribution >= 0.6 is 0 Å². The summed E-state index contributed by atoms with van der Waals surface area (Å²) in [6, 6.07) is 5.64. The fourth-order valence-electron chi connectivity index (χ4n) is 4.66. The van der Waals surface area contributed by atoms with Crippen molar-refractivity contribution >= 4 is 10.0 Å². The summed E-state index contributed by atoms with van der Waals surface area (Å²) >= 11 is 0. The number of likely N-dealkylation sites (tertiary alicyclic amines) is 1. The Labute approximate surface area is 157 Å². The topological polar surface area (TPSA) is 58.6 Å². The van der Waals surface area contributed by atoms with Crippen molar-refractivity contribution in [2.45, 2.75) is 49.8 Å². The number of aryl methyl sites for hydroxylation is 2. The molecule has 26 heavy (non-hydrogen) atoms. The Bertz CT molecular complexity index is 735. The normalized spacial score (nSPS) is 23.2. The minimum Gasteiger partial charge on any atom is -0.381 e. The second-order valence-electron chi connectivity index (χ2n) is 8.20. The molecule has 2 heterocycles. The number of hydrogen-bond donors (Lipinski definition) is 1. The monoisotopic (exact) mass is 378 g/mol. The molecule has 0 radical (unpaired) electrons. The number of sulfonamides is 1. The molecule has 0 atom stereocenters. The van der Waals surface area contributed by atoms with Gasteiger partial charge in [0, 0.05) is 31.7 Å². The van der Waals surface area contributed by atoms with Gasteiger partial charge in [-0.05, 0) is 81.3 Å². The quantitative estimate of drug-likeness (QED) is 0.826. The highest BCUT2D eigenvalue weighted by Gasteiger charge is 2.36. The van der Waals surface area contributed by atoms with Gasteiger partial charge in [-0.15, -0.1) is 0 Å². The molecule has 144 valence electrons. The summed E-state index contributed by atoms with van der Waals surface area (Å²) in [5.74, 6) is 0. The van der Waals surface area contributed by atoms with Crippen LogP contribution in [0.25, 0.3) is 0 Å². The van der Waals surface area contributed by atoms with Gasteiger partial charge in [-0.25, -0.2) is 13.1 Å². The van der Waals surface area contributed by atoms with Crippen LogP contribution in [0.3, 0.4) is 0 Å². The molecule has 2 fully saturated rings. The lowest BCUT2D eigenvalue weighted by Gasteiger charge is -2.40. The van der Waals surface area contributed by atoms with Gasteiger partial charge in [-0.3, -0.25) is 0 Å². The molecular formula is C20H30N2O3S. The number of nitrogens with zero attached hydrogens (tertiary/aromatic N) is 1. The first kappa shape index (κ1) is 18.4. The summed E-state index contributed by atoms with van der Waals surface area (Å²) in [5.41, 5.74) is 2.50. The maximum absolute atomic E-state index is 12.9. The molecule has 4 rings (SSSR count). The van der Waals surface area contributed by atoms with Gasteiger partial charge >= 0.3 is 0 Å². The van der Waals surface area contributed by atoms with Crippen molar-refractivity contribution in [1.82, 2.24) is 9.62 Å². The van der Waals surface area contributed by atoms with Crippen LogP contribution in [0, 0.1) is 5.41 Å². The smallest absolute Gasteiger partial charge is 0.240 e. The zero-order valence-electron chi connectivity index (χ0n) is 15.5. The van der Waals surface area contributed by atoms with Crippen molar-refractivity contribution in [3.05, 3.63) is 29.3 Å². The lowest BCUT2D eigenvalue weighted by atomic mass is 9.80. The van der Waals surface area contributed by atoms with Gasteiger partial charge in [0.05, 0.1) is 4.90 Å². The predicted octanol–water partition coefficient (Wildman–Crippen LogP) is 2.35. The number of fused-ring (bicyclic) bond motifs is 1. The van der Waals surface area contributed by atoms with E-state index in [2.05, 4.69) is 9.62 Å². The number of ether oxygens (including phenoxy) is 1. The van der Waals surface area contributed by atoms with Crippen molar-refractivity contribution in [3.63, 3.8) is 0 Å². The van der Waals surface area contributed by atoms with Gasteiger partial charge in [0.2, 0.25) is 10.0 Å². The molecule has 1 aliphatic carbocycles. The van der Waals surface area contributed by atoms with E-state index in [1.807, 2.05) is 12.1 Å². The van der Waals surface area contributed by atoms with Crippen molar-refractivity contribution in [2.75, 3.05) is 39.4 Å². The predicted molar refractivity (Wildman–Crippen MR) is 102 cm³/mol. The molecular weight excluding hydrogens is 348 g/mol. The minimum absolute atomic E-state index is 0.00755. The molecule has 0 saturated carbocycles. The Hall–Kier alpha value is -0.950. The third-order valence-corrected chi connectivity index (χ3v) is 7.73. The van der Waals surface area contributed by atoms with E-state index in [0.29, 0.717) is 11.4 Å². The number of rotatable bonds is 6. The van der Waals surface area contributed by atoms with Crippen LogP contribution in [0.4, 0.5) is 0 Å². The molecule has 2 aliphatic heterocycles. The van der Waals surface area contributed by atoms with Crippen LogP contribution in [0.1, 0.15) is 43.2 Å². The van der Waals surface area contributed by atoms with Gasteiger partial charge in [-0.1, -0.05) is 6.07 Å². The van der Waals surface area contributed by atoms with E-state index in [1.165, 1.54) is 24.0 Å². The second kappa shape index (κ2) is 7.58. The Balaban J connectivity index is 1.47. The summed E-state index contributed by atoms with van der Waals surface area (Å²) in [4.78, 5) is 2.91. The van der Waals surface area contributed by atoms with E-state index in [4.69, 9.17) is 4.74 Å². The maximum Gasteiger partial charge on any atom is 0.240 e. The van der Waals surface area contributed by atoms with Crippen LogP contribution in [0.2, 0.25) is 0 Å². The Kier molecular flexibility index (Phi) is 5.37. The fraction of sp³-hybridized carbons (Fsp3) is 0.700. The summed E-state index contributed by atoms with van der Waals surface area (Å²) < 4.78 is 34.3. The fourth-order valence-corrected chi connectivity index (χ4v) is 5.86. The Morgan fingerprint density at radius 1 is 1.04 bits per heavy atom. The van der Waals surface area contributed by atoms with Gasteiger partial charge < -0.3 is 9.64 Å². The van der Waals surface area contributed by atoms with E-state index < -0.39 is 10.0 Å². The molecule has 1 aromatic carbocycles. The van der Waals surface area contributed by atoms with E-state index in [-0.39, 0.29) is 5.41 Å². The molecule has 2 saturated heterocycles. The average molecular weight is 379 g/mol. The third kappa shape index (κ3) is 3.98. The molecule has 6 heteroatoms. The number of nitrogens with one attached hydrogen (secondary N) is 1. The maximum atomic E-state index is 12.9. The summed E-state index contributed by atoms with van der Waals surface area (Å²) in [6.07, 6.45) is 7.56. The molecule has 0 bridgehead atoms. The van der Waals surface area contributed by atoms with Gasteiger partial charge in [0.1, 0.15) is 0 Å². The molecule has 0 spiro atoms. The molecule has 0 unspecified atom stereocenters.